The van der Waals surface area contributed by atoms with E-state index in [9.17, 15) is 0 Å². The van der Waals surface area contributed by atoms with E-state index in [2.05, 4.69) is 340 Å². The lowest BCUT2D eigenvalue weighted by Gasteiger charge is -2.40. The fourth-order valence-corrected chi connectivity index (χ4v) is 17.4. The average molecular weight is 1300 g/mol. The lowest BCUT2D eigenvalue weighted by molar-refractivity contribution is 0.438. The van der Waals surface area contributed by atoms with Gasteiger partial charge in [0.05, 0.1) is 33.3 Å². The van der Waals surface area contributed by atoms with Crippen molar-refractivity contribution in [3.8, 4) is 135 Å². The van der Waals surface area contributed by atoms with Crippen LogP contribution in [0.5, 0.6) is 23.0 Å². The van der Waals surface area contributed by atoms with Crippen LogP contribution in [0.25, 0.3) is 134 Å². The highest BCUT2D eigenvalue weighted by atomic mass is 16.5. The Kier molecular flexibility index (Phi) is 12.7. The molecule has 0 fully saturated rings. The minimum Gasteiger partial charge on any atom is -0.456 e. The molecule has 4 aliphatic rings. The Morgan fingerprint density at radius 1 is 0.206 bits per heavy atom. The molecule has 0 radical (unpaired) electrons. The van der Waals surface area contributed by atoms with Gasteiger partial charge in [0, 0.05) is 66.4 Å². The van der Waals surface area contributed by atoms with Crippen molar-refractivity contribution in [1.82, 2.24) is 19.9 Å². The van der Waals surface area contributed by atoms with E-state index in [1.54, 1.807) is 0 Å². The van der Waals surface area contributed by atoms with Gasteiger partial charge in [-0.1, -0.05) is 322 Å². The van der Waals surface area contributed by atoms with Gasteiger partial charge in [0.2, 0.25) is 0 Å². The second kappa shape index (κ2) is 22.6. The van der Waals surface area contributed by atoms with Crippen LogP contribution in [0.3, 0.4) is 0 Å². The molecule has 1 atom stereocenters. The Morgan fingerprint density at radius 3 is 1.17 bits per heavy atom. The Labute approximate surface area is 589 Å². The number of hydrogen-bond acceptors (Lipinski definition) is 6. The van der Waals surface area contributed by atoms with Gasteiger partial charge >= 0.3 is 0 Å². The summed E-state index contributed by atoms with van der Waals surface area (Å²) in [5.74, 6) is 4.57. The predicted octanol–water partition coefficient (Wildman–Crippen LogP) is 23.8. The Morgan fingerprint density at radius 2 is 0.588 bits per heavy atom. The van der Waals surface area contributed by atoms with E-state index in [0.717, 1.165) is 156 Å². The van der Waals surface area contributed by atoms with Crippen LogP contribution >= 0.6 is 0 Å². The molecule has 2 aromatic heterocycles. The van der Waals surface area contributed by atoms with Crippen LogP contribution in [0.2, 0.25) is 0 Å². The first kappa shape index (κ1) is 57.6. The van der Waals surface area contributed by atoms with Crippen LogP contribution in [0.4, 0.5) is 0 Å². The van der Waals surface area contributed by atoms with E-state index in [1.807, 2.05) is 12.1 Å². The molecule has 0 saturated heterocycles. The zero-order chi connectivity index (χ0) is 67.0. The van der Waals surface area contributed by atoms with Gasteiger partial charge in [-0.05, 0) is 108 Å². The minimum absolute atomic E-state index is 0.613. The number of aromatic nitrogens is 4. The number of rotatable bonds is 8. The molecular formula is C96H58N4O2. The van der Waals surface area contributed by atoms with Crippen molar-refractivity contribution in [2.75, 3.05) is 0 Å². The summed E-state index contributed by atoms with van der Waals surface area (Å²) in [5.41, 5.74) is 28.2. The van der Waals surface area contributed by atoms with E-state index in [-0.39, 0.29) is 0 Å². The van der Waals surface area contributed by atoms with E-state index in [1.165, 1.54) is 33.4 Å². The maximum Gasteiger partial charge on any atom is 0.161 e. The summed E-state index contributed by atoms with van der Waals surface area (Å²) in [6.45, 7) is 0. The standard InChI is InChI=1S/C96H58N4O2/c1-3-26-61(27-4-1)89-73-35-12-19-48-84(73)97-93(99-89)71-33-8-7-30-64(71)59-52-54-60(55-53-59)66-38-24-46-82-91(66)101-87-51-22-18-44-80(87)96(82)78-42-16-11-34-72(78)88-65(37-23-45-81(88)96)63-56-57-67(75(58-63)94-98-85-49-20-13-36-74(85)90(100-94)62-28-5-2-6-29-62)70-39-25-47-83-92(70)102-86-50-21-17-43-79(86)95(83)76-40-14-9-31-68(76)69-32-10-15-41-77(69)95/h1-58H. The molecule has 2 aliphatic heterocycles. The van der Waals surface area contributed by atoms with Crippen molar-refractivity contribution < 1.29 is 9.47 Å². The maximum atomic E-state index is 7.42. The molecule has 0 saturated carbocycles. The molecule has 0 N–H and O–H groups in total. The molecule has 17 aromatic rings. The fraction of sp³-hybridized carbons (Fsp3) is 0.0208. The van der Waals surface area contributed by atoms with Crippen molar-refractivity contribution in [3.05, 3.63) is 396 Å². The van der Waals surface area contributed by atoms with E-state index < -0.39 is 10.8 Å². The highest BCUT2D eigenvalue weighted by Crippen LogP contribution is 2.66. The lowest BCUT2D eigenvalue weighted by atomic mass is 9.65. The van der Waals surface area contributed by atoms with Crippen LogP contribution in [-0.4, -0.2) is 19.9 Å². The normalized spacial score (nSPS) is 14.4. The number of hydrogen-bond donors (Lipinski definition) is 0. The van der Waals surface area contributed by atoms with Crippen molar-refractivity contribution in [2.24, 2.45) is 0 Å². The minimum atomic E-state index is -0.779. The van der Waals surface area contributed by atoms with Gasteiger partial charge in [0.15, 0.2) is 11.6 Å². The molecule has 4 heterocycles. The SMILES string of the molecule is c1ccc(-c2nc(-c3ccccc3-c3ccc(-c4cccc5c4Oc4ccccc4C54c5ccccc5-c5c(-c6ccc(-c7cccc8c7Oc7ccccc7C87c8ccccc8-c8ccccc87)c(-c7nc(-c8ccccc8)c8ccccc8n7)c6)cccc54)cc3)nc3ccccc23)cc1. The third-order valence-electron chi connectivity index (χ3n) is 21.7. The number of fused-ring (bicyclic) bond motifs is 20. The van der Waals surface area contributed by atoms with Crippen molar-refractivity contribution >= 4 is 21.8 Å². The van der Waals surface area contributed by atoms with Gasteiger partial charge in [-0.3, -0.25) is 0 Å². The van der Waals surface area contributed by atoms with Crippen molar-refractivity contribution in [3.63, 3.8) is 0 Å². The zero-order valence-corrected chi connectivity index (χ0v) is 55.1. The summed E-state index contributed by atoms with van der Waals surface area (Å²) in [6, 6.07) is 126. The van der Waals surface area contributed by atoms with Crippen LogP contribution in [0.15, 0.2) is 352 Å². The van der Waals surface area contributed by atoms with E-state index in [4.69, 9.17) is 29.4 Å². The Balaban J connectivity index is 0.742. The third-order valence-corrected chi connectivity index (χ3v) is 21.7. The molecule has 6 nitrogen and oxygen atoms in total. The van der Waals surface area contributed by atoms with Crippen LogP contribution < -0.4 is 9.47 Å². The second-order valence-corrected chi connectivity index (χ2v) is 26.9. The number of ether oxygens (including phenoxy) is 2. The van der Waals surface area contributed by atoms with Crippen molar-refractivity contribution in [1.29, 1.82) is 0 Å². The van der Waals surface area contributed by atoms with Gasteiger partial charge in [-0.15, -0.1) is 0 Å². The first-order chi connectivity index (χ1) is 50.6. The van der Waals surface area contributed by atoms with Gasteiger partial charge in [-0.2, -0.15) is 0 Å². The largest absolute Gasteiger partial charge is 0.456 e. The average Bonchev–Trinajstić information content (AvgIpc) is 1.49. The molecule has 2 aliphatic carbocycles. The Bertz CT molecular complexity index is 6300. The van der Waals surface area contributed by atoms with Crippen LogP contribution in [-0.2, 0) is 10.8 Å². The van der Waals surface area contributed by atoms with Gasteiger partial charge in [-0.25, -0.2) is 19.9 Å². The summed E-state index contributed by atoms with van der Waals surface area (Å²) in [6.07, 6.45) is 0. The summed E-state index contributed by atoms with van der Waals surface area (Å²) < 4.78 is 14.8. The second-order valence-electron chi connectivity index (χ2n) is 26.9. The monoisotopic (exact) mass is 1300 g/mol. The lowest BCUT2D eigenvalue weighted by Crippen LogP contribution is -2.32. The molecule has 2 spiro atoms. The molecule has 21 rings (SSSR count). The smallest absolute Gasteiger partial charge is 0.161 e. The van der Waals surface area contributed by atoms with E-state index in [0.29, 0.717) is 11.6 Å². The van der Waals surface area contributed by atoms with Gasteiger partial charge < -0.3 is 9.47 Å². The van der Waals surface area contributed by atoms with Gasteiger partial charge in [0.25, 0.3) is 0 Å². The van der Waals surface area contributed by atoms with Gasteiger partial charge in [0.1, 0.15) is 23.0 Å². The molecule has 1 unspecified atom stereocenters. The first-order valence-electron chi connectivity index (χ1n) is 34.8. The fourth-order valence-electron chi connectivity index (χ4n) is 17.4. The molecule has 102 heavy (non-hydrogen) atoms. The summed E-state index contributed by atoms with van der Waals surface area (Å²) in [5, 5.41) is 2.00. The quantitative estimate of drug-likeness (QED) is 0.151. The van der Waals surface area contributed by atoms with Crippen LogP contribution in [0.1, 0.15) is 44.5 Å². The number of benzene rings is 15. The highest BCUT2D eigenvalue weighted by Gasteiger charge is 2.54. The summed E-state index contributed by atoms with van der Waals surface area (Å²) in [4.78, 5) is 21.8. The van der Waals surface area contributed by atoms with Crippen LogP contribution in [0, 0.1) is 0 Å². The number of para-hydroxylation sites is 6. The predicted molar refractivity (Wildman–Crippen MR) is 411 cm³/mol. The summed E-state index contributed by atoms with van der Waals surface area (Å²) in [7, 11) is 0. The third kappa shape index (κ3) is 8.35. The Hall–Kier alpha value is -13.4. The molecule has 474 valence electrons. The topological polar surface area (TPSA) is 70.0 Å². The molecule has 6 heteroatoms. The number of nitrogens with zero attached hydrogens (tertiary/aromatic N) is 4. The highest BCUT2D eigenvalue weighted by molar-refractivity contribution is 6.02. The van der Waals surface area contributed by atoms with E-state index >= 15 is 0 Å². The maximum absolute atomic E-state index is 7.42. The zero-order valence-electron chi connectivity index (χ0n) is 55.1. The van der Waals surface area contributed by atoms with Crippen molar-refractivity contribution in [2.45, 2.75) is 10.8 Å². The molecule has 15 aromatic carbocycles. The molecule has 0 amide bonds. The first-order valence-corrected chi connectivity index (χ1v) is 34.8. The molecule has 0 bridgehead atoms. The summed E-state index contributed by atoms with van der Waals surface area (Å²) >= 11 is 0. The molecular weight excluding hydrogens is 1240 g/mol.